The van der Waals surface area contributed by atoms with Crippen LogP contribution in [0.2, 0.25) is 5.02 Å². The Morgan fingerprint density at radius 1 is 1.41 bits per heavy atom. The normalized spacial score (nSPS) is 10.3. The molecule has 0 radical (unpaired) electrons. The lowest BCUT2D eigenvalue weighted by Gasteiger charge is -2.08. The molecular weight excluding hydrogens is 305 g/mol. The molecule has 3 nitrogen and oxygen atoms in total. The van der Waals surface area contributed by atoms with E-state index in [0.717, 1.165) is 5.56 Å². The van der Waals surface area contributed by atoms with Crippen LogP contribution in [0.25, 0.3) is 0 Å². The van der Waals surface area contributed by atoms with Gasteiger partial charge in [-0.25, -0.2) is 0 Å². The number of anilines is 1. The van der Waals surface area contributed by atoms with Crippen molar-refractivity contribution < 1.29 is 9.21 Å². The van der Waals surface area contributed by atoms with Gasteiger partial charge in [-0.05, 0) is 46.6 Å². The van der Waals surface area contributed by atoms with Crippen molar-refractivity contribution in [2.75, 3.05) is 5.32 Å². The molecule has 0 aliphatic heterocycles. The molecule has 0 fully saturated rings. The fourth-order valence-electron chi connectivity index (χ4n) is 1.39. The number of amides is 1. The topological polar surface area (TPSA) is 42.2 Å². The Labute approximate surface area is 112 Å². The van der Waals surface area contributed by atoms with Gasteiger partial charge in [-0.2, -0.15) is 0 Å². The summed E-state index contributed by atoms with van der Waals surface area (Å²) >= 11 is 9.13. The third-order valence-electron chi connectivity index (χ3n) is 2.38. The molecule has 17 heavy (non-hydrogen) atoms. The second-order valence-corrected chi connectivity index (χ2v) is 4.60. The van der Waals surface area contributed by atoms with E-state index in [9.17, 15) is 4.79 Å². The highest BCUT2D eigenvalue weighted by molar-refractivity contribution is 9.10. The van der Waals surface area contributed by atoms with Crippen LogP contribution < -0.4 is 5.32 Å². The maximum Gasteiger partial charge on any atom is 0.260 e. The fraction of sp³-hybridized carbons (Fsp3) is 0.0833. The van der Waals surface area contributed by atoms with Gasteiger partial charge in [0.25, 0.3) is 5.91 Å². The van der Waals surface area contributed by atoms with Crippen LogP contribution in [0.1, 0.15) is 15.9 Å². The first-order valence-corrected chi connectivity index (χ1v) is 6.06. The molecule has 0 spiro atoms. The van der Waals surface area contributed by atoms with Gasteiger partial charge in [0.05, 0.1) is 11.8 Å². The number of hydrogen-bond donors (Lipinski definition) is 1. The van der Waals surface area contributed by atoms with E-state index >= 15 is 0 Å². The van der Waals surface area contributed by atoms with Crippen LogP contribution in [0.4, 0.5) is 5.69 Å². The SMILES string of the molecule is Cc1c(Cl)cccc1NC(=O)c1ccoc1Br. The summed E-state index contributed by atoms with van der Waals surface area (Å²) in [7, 11) is 0. The van der Waals surface area contributed by atoms with Crippen LogP contribution in [-0.4, -0.2) is 5.91 Å². The van der Waals surface area contributed by atoms with E-state index in [-0.39, 0.29) is 5.91 Å². The molecule has 0 aliphatic rings. The molecule has 0 atom stereocenters. The summed E-state index contributed by atoms with van der Waals surface area (Å²) in [6.45, 7) is 1.85. The number of hydrogen-bond acceptors (Lipinski definition) is 2. The Bertz CT molecular complexity index is 565. The number of carbonyl (C=O) groups excluding carboxylic acids is 1. The van der Waals surface area contributed by atoms with Gasteiger partial charge < -0.3 is 9.73 Å². The van der Waals surface area contributed by atoms with Crippen LogP contribution in [0.15, 0.2) is 39.6 Å². The highest BCUT2D eigenvalue weighted by Gasteiger charge is 2.14. The van der Waals surface area contributed by atoms with E-state index in [2.05, 4.69) is 21.2 Å². The predicted octanol–water partition coefficient (Wildman–Crippen LogP) is 4.26. The van der Waals surface area contributed by atoms with Crippen LogP contribution in [0, 0.1) is 6.92 Å². The Hall–Kier alpha value is -1.26. The summed E-state index contributed by atoms with van der Waals surface area (Å²) in [6.07, 6.45) is 1.45. The summed E-state index contributed by atoms with van der Waals surface area (Å²) in [5.74, 6) is -0.240. The first-order valence-electron chi connectivity index (χ1n) is 4.89. The minimum Gasteiger partial charge on any atom is -0.457 e. The third-order valence-corrected chi connectivity index (χ3v) is 3.40. The first-order chi connectivity index (χ1) is 8.09. The van der Waals surface area contributed by atoms with Crippen molar-refractivity contribution in [1.29, 1.82) is 0 Å². The van der Waals surface area contributed by atoms with Gasteiger partial charge in [0, 0.05) is 10.7 Å². The molecule has 1 heterocycles. The van der Waals surface area contributed by atoms with Crippen molar-refractivity contribution in [1.82, 2.24) is 0 Å². The average Bonchev–Trinajstić information content (AvgIpc) is 2.71. The number of halogens is 2. The van der Waals surface area contributed by atoms with E-state index in [1.54, 1.807) is 24.3 Å². The third kappa shape index (κ3) is 2.53. The van der Waals surface area contributed by atoms with E-state index in [0.29, 0.717) is 20.9 Å². The van der Waals surface area contributed by atoms with Gasteiger partial charge in [-0.1, -0.05) is 17.7 Å². The van der Waals surface area contributed by atoms with Crippen LogP contribution in [0.3, 0.4) is 0 Å². The Balaban J connectivity index is 2.25. The lowest BCUT2D eigenvalue weighted by atomic mass is 10.2. The second-order valence-electron chi connectivity index (χ2n) is 3.47. The van der Waals surface area contributed by atoms with E-state index in [1.807, 2.05) is 6.92 Å². The van der Waals surface area contributed by atoms with Crippen LogP contribution in [0.5, 0.6) is 0 Å². The standard InChI is InChI=1S/C12H9BrClNO2/c1-7-9(14)3-2-4-10(7)15-12(16)8-5-6-17-11(8)13/h2-6H,1H3,(H,15,16). The van der Waals surface area contributed by atoms with Crippen molar-refractivity contribution in [2.45, 2.75) is 6.92 Å². The van der Waals surface area contributed by atoms with Gasteiger partial charge >= 0.3 is 0 Å². The molecule has 2 rings (SSSR count). The first kappa shape index (κ1) is 12.2. The number of nitrogens with one attached hydrogen (secondary N) is 1. The summed E-state index contributed by atoms with van der Waals surface area (Å²) in [5, 5.41) is 3.40. The largest absolute Gasteiger partial charge is 0.457 e. The van der Waals surface area contributed by atoms with Gasteiger partial charge in [0.15, 0.2) is 4.67 Å². The molecule has 88 valence electrons. The molecule has 1 amide bonds. The minimum absolute atomic E-state index is 0.240. The number of rotatable bonds is 2. The molecule has 1 aromatic carbocycles. The summed E-state index contributed by atoms with van der Waals surface area (Å²) in [4.78, 5) is 11.9. The summed E-state index contributed by atoms with van der Waals surface area (Å²) < 4.78 is 5.42. The Kier molecular flexibility index (Phi) is 3.54. The van der Waals surface area contributed by atoms with Crippen LogP contribution in [-0.2, 0) is 0 Å². The van der Waals surface area contributed by atoms with Crippen molar-refractivity contribution in [2.24, 2.45) is 0 Å². The number of furan rings is 1. The summed E-state index contributed by atoms with van der Waals surface area (Å²) in [5.41, 5.74) is 1.97. The van der Waals surface area contributed by atoms with E-state index in [4.69, 9.17) is 16.0 Å². The minimum atomic E-state index is -0.240. The smallest absolute Gasteiger partial charge is 0.260 e. The van der Waals surface area contributed by atoms with E-state index in [1.165, 1.54) is 6.26 Å². The predicted molar refractivity (Wildman–Crippen MR) is 70.6 cm³/mol. The lowest BCUT2D eigenvalue weighted by Crippen LogP contribution is -2.12. The fourth-order valence-corrected chi connectivity index (χ4v) is 1.98. The molecule has 1 N–H and O–H groups in total. The van der Waals surface area contributed by atoms with E-state index < -0.39 is 0 Å². The zero-order valence-corrected chi connectivity index (χ0v) is 11.3. The Morgan fingerprint density at radius 3 is 2.82 bits per heavy atom. The quantitative estimate of drug-likeness (QED) is 0.900. The van der Waals surface area contributed by atoms with Gasteiger partial charge in [0.2, 0.25) is 0 Å². The van der Waals surface area contributed by atoms with Gasteiger partial charge in [-0.15, -0.1) is 0 Å². The highest BCUT2D eigenvalue weighted by Crippen LogP contribution is 2.24. The molecule has 0 saturated carbocycles. The summed E-state index contributed by atoms with van der Waals surface area (Å²) in [6, 6.07) is 6.96. The number of benzene rings is 1. The maximum absolute atomic E-state index is 11.9. The molecule has 2 aromatic rings. The molecule has 1 aromatic heterocycles. The molecule has 0 bridgehead atoms. The average molecular weight is 315 g/mol. The van der Waals surface area contributed by atoms with Crippen molar-refractivity contribution in [3.8, 4) is 0 Å². The second kappa shape index (κ2) is 4.94. The molecule has 0 unspecified atom stereocenters. The molecule has 5 heteroatoms. The monoisotopic (exact) mass is 313 g/mol. The highest BCUT2D eigenvalue weighted by atomic mass is 79.9. The van der Waals surface area contributed by atoms with Crippen LogP contribution >= 0.6 is 27.5 Å². The zero-order valence-electron chi connectivity index (χ0n) is 8.96. The number of carbonyl (C=O) groups is 1. The van der Waals surface area contributed by atoms with Crippen molar-refractivity contribution in [3.63, 3.8) is 0 Å². The molecular formula is C12H9BrClNO2. The lowest BCUT2D eigenvalue weighted by molar-refractivity contribution is 0.102. The Morgan fingerprint density at radius 2 is 2.18 bits per heavy atom. The molecule has 0 saturated heterocycles. The molecule has 0 aliphatic carbocycles. The van der Waals surface area contributed by atoms with Gasteiger partial charge in [-0.3, -0.25) is 4.79 Å². The maximum atomic E-state index is 11.9. The zero-order chi connectivity index (χ0) is 12.4. The van der Waals surface area contributed by atoms with Crippen molar-refractivity contribution >= 4 is 39.1 Å². The van der Waals surface area contributed by atoms with Gasteiger partial charge in [0.1, 0.15) is 0 Å². The van der Waals surface area contributed by atoms with Crippen molar-refractivity contribution in [3.05, 3.63) is 51.3 Å².